The van der Waals surface area contributed by atoms with E-state index in [9.17, 15) is 18.0 Å². The Morgan fingerprint density at radius 3 is 2.80 bits per heavy atom. The normalized spacial score (nSPS) is 11.2. The molecule has 2 N–H and O–H groups in total. The number of ether oxygens (including phenoxy) is 1. The molecular weight excluding hydrogens is 390 g/mol. The summed E-state index contributed by atoms with van der Waals surface area (Å²) in [6.45, 7) is 0. The molecule has 9 heteroatoms. The molecule has 0 amide bonds. The van der Waals surface area contributed by atoms with Crippen LogP contribution in [0, 0.1) is 3.57 Å². The number of aromatic amines is 1. The number of nitrogens with one attached hydrogen (secondary N) is 2. The quantitative estimate of drug-likeness (QED) is 0.782. The van der Waals surface area contributed by atoms with E-state index >= 15 is 0 Å². The third-order valence-corrected chi connectivity index (χ3v) is 3.13. The minimum Gasteiger partial charge on any atom is -0.406 e. The van der Waals surface area contributed by atoms with Crippen LogP contribution in [0.3, 0.4) is 0 Å². The SMILES string of the molecule is O=c1[nH]cnc(Nc2cccc(OC(F)(F)F)c2)c1I. The first-order chi connectivity index (χ1) is 9.35. The Balaban J connectivity index is 2.24. The first kappa shape index (κ1) is 14.6. The number of H-pyrrole nitrogens is 1. The third-order valence-electron chi connectivity index (χ3n) is 2.13. The highest BCUT2D eigenvalue weighted by atomic mass is 127. The molecule has 2 rings (SSSR count). The topological polar surface area (TPSA) is 67.0 Å². The van der Waals surface area contributed by atoms with E-state index in [-0.39, 0.29) is 17.1 Å². The van der Waals surface area contributed by atoms with Crippen molar-refractivity contribution in [1.29, 1.82) is 0 Å². The molecule has 0 saturated heterocycles. The lowest BCUT2D eigenvalue weighted by Gasteiger charge is -2.11. The Kier molecular flexibility index (Phi) is 4.16. The van der Waals surface area contributed by atoms with Crippen molar-refractivity contribution in [2.45, 2.75) is 6.36 Å². The molecule has 0 aliphatic rings. The molecule has 0 bridgehead atoms. The second-order valence-electron chi connectivity index (χ2n) is 3.59. The molecule has 106 valence electrons. The van der Waals surface area contributed by atoms with Gasteiger partial charge >= 0.3 is 6.36 Å². The summed E-state index contributed by atoms with van der Waals surface area (Å²) in [5.74, 6) is -0.110. The van der Waals surface area contributed by atoms with Gasteiger partial charge in [-0.1, -0.05) is 6.07 Å². The predicted molar refractivity (Wildman–Crippen MR) is 74.0 cm³/mol. The number of hydrogen-bond donors (Lipinski definition) is 2. The van der Waals surface area contributed by atoms with Crippen molar-refractivity contribution in [2.24, 2.45) is 0 Å². The van der Waals surface area contributed by atoms with Crippen LogP contribution >= 0.6 is 22.6 Å². The van der Waals surface area contributed by atoms with Crippen LogP contribution in [0.2, 0.25) is 0 Å². The molecule has 1 heterocycles. The zero-order valence-corrected chi connectivity index (χ0v) is 11.8. The van der Waals surface area contributed by atoms with Crippen molar-refractivity contribution in [3.05, 3.63) is 44.5 Å². The van der Waals surface area contributed by atoms with Crippen molar-refractivity contribution in [3.8, 4) is 5.75 Å². The number of alkyl halides is 3. The van der Waals surface area contributed by atoms with E-state index in [0.29, 0.717) is 9.26 Å². The van der Waals surface area contributed by atoms with E-state index < -0.39 is 6.36 Å². The maximum absolute atomic E-state index is 12.1. The van der Waals surface area contributed by atoms with Crippen LogP contribution in [-0.4, -0.2) is 16.3 Å². The summed E-state index contributed by atoms with van der Waals surface area (Å²) in [5, 5.41) is 2.75. The predicted octanol–water partition coefficient (Wildman–Crippen LogP) is 3.02. The van der Waals surface area contributed by atoms with E-state index in [1.54, 1.807) is 22.6 Å². The van der Waals surface area contributed by atoms with Gasteiger partial charge < -0.3 is 15.0 Å². The van der Waals surface area contributed by atoms with E-state index in [1.165, 1.54) is 24.5 Å². The number of anilines is 2. The second kappa shape index (κ2) is 5.69. The van der Waals surface area contributed by atoms with Crippen LogP contribution in [0.25, 0.3) is 0 Å². The molecule has 0 aliphatic carbocycles. The van der Waals surface area contributed by atoms with Gasteiger partial charge in [0.15, 0.2) is 5.82 Å². The van der Waals surface area contributed by atoms with Gasteiger partial charge in [0, 0.05) is 11.8 Å². The molecule has 0 saturated carbocycles. The molecule has 0 aliphatic heterocycles. The van der Waals surface area contributed by atoms with Gasteiger partial charge in [0.2, 0.25) is 0 Å². The zero-order chi connectivity index (χ0) is 14.8. The monoisotopic (exact) mass is 397 g/mol. The fraction of sp³-hybridized carbons (Fsp3) is 0.0909. The maximum atomic E-state index is 12.1. The fourth-order valence-electron chi connectivity index (χ4n) is 1.38. The Hall–Kier alpha value is -1.78. The lowest BCUT2D eigenvalue weighted by molar-refractivity contribution is -0.274. The van der Waals surface area contributed by atoms with Gasteiger partial charge in [-0.25, -0.2) is 4.98 Å². The first-order valence-electron chi connectivity index (χ1n) is 5.21. The second-order valence-corrected chi connectivity index (χ2v) is 4.67. The standard InChI is InChI=1S/C11H7F3IN3O2/c12-11(13,14)20-7-3-1-2-6(4-7)18-9-8(15)10(19)17-5-16-9/h1-5H,(H2,16,17,18,19). The summed E-state index contributed by atoms with van der Waals surface area (Å²) in [6.07, 6.45) is -3.56. The molecule has 0 spiro atoms. The molecule has 2 aromatic rings. The summed E-state index contributed by atoms with van der Waals surface area (Å²) in [4.78, 5) is 17.7. The number of halogens is 4. The van der Waals surface area contributed by atoms with Crippen LogP contribution < -0.4 is 15.6 Å². The largest absolute Gasteiger partial charge is 0.573 e. The summed E-state index contributed by atoms with van der Waals surface area (Å²) < 4.78 is 40.4. The molecule has 0 fully saturated rings. The molecule has 0 atom stereocenters. The van der Waals surface area contributed by atoms with Crippen LogP contribution in [0.15, 0.2) is 35.4 Å². The smallest absolute Gasteiger partial charge is 0.406 e. The Morgan fingerprint density at radius 1 is 1.35 bits per heavy atom. The average Bonchev–Trinajstić information content (AvgIpc) is 2.33. The lowest BCUT2D eigenvalue weighted by Crippen LogP contribution is -2.17. The highest BCUT2D eigenvalue weighted by Gasteiger charge is 2.31. The number of aromatic nitrogens is 2. The maximum Gasteiger partial charge on any atom is 0.573 e. The van der Waals surface area contributed by atoms with Gasteiger partial charge in [0.05, 0.1) is 6.33 Å². The van der Waals surface area contributed by atoms with Crippen LogP contribution in [-0.2, 0) is 0 Å². The van der Waals surface area contributed by atoms with Crippen LogP contribution in [0.5, 0.6) is 5.75 Å². The first-order valence-corrected chi connectivity index (χ1v) is 6.29. The zero-order valence-electron chi connectivity index (χ0n) is 9.66. The van der Waals surface area contributed by atoms with Crippen molar-refractivity contribution in [1.82, 2.24) is 9.97 Å². The molecule has 20 heavy (non-hydrogen) atoms. The van der Waals surface area contributed by atoms with Gasteiger partial charge in [-0.3, -0.25) is 4.79 Å². The van der Waals surface area contributed by atoms with Crippen molar-refractivity contribution in [2.75, 3.05) is 5.32 Å². The van der Waals surface area contributed by atoms with E-state index in [4.69, 9.17) is 0 Å². The molecule has 0 radical (unpaired) electrons. The molecule has 0 unspecified atom stereocenters. The average molecular weight is 397 g/mol. The number of nitrogens with zero attached hydrogens (tertiary/aromatic N) is 1. The van der Waals surface area contributed by atoms with Gasteiger partial charge in [0.25, 0.3) is 5.56 Å². The van der Waals surface area contributed by atoms with Gasteiger partial charge in [-0.05, 0) is 34.7 Å². The Labute approximate surface area is 124 Å². The van der Waals surface area contributed by atoms with Crippen molar-refractivity contribution >= 4 is 34.1 Å². The van der Waals surface area contributed by atoms with Crippen LogP contribution in [0.4, 0.5) is 24.7 Å². The van der Waals surface area contributed by atoms with E-state index in [1.807, 2.05) is 0 Å². The van der Waals surface area contributed by atoms with E-state index in [0.717, 1.165) is 6.07 Å². The van der Waals surface area contributed by atoms with E-state index in [2.05, 4.69) is 20.0 Å². The summed E-state index contributed by atoms with van der Waals surface area (Å²) in [6, 6.07) is 5.26. The number of hydrogen-bond acceptors (Lipinski definition) is 4. The molecule has 1 aromatic heterocycles. The Bertz CT molecular complexity index is 672. The summed E-state index contributed by atoms with van der Waals surface area (Å²) in [7, 11) is 0. The summed E-state index contributed by atoms with van der Waals surface area (Å²) in [5.41, 5.74) is -0.0198. The van der Waals surface area contributed by atoms with Crippen molar-refractivity contribution in [3.63, 3.8) is 0 Å². The van der Waals surface area contributed by atoms with Gasteiger partial charge in [-0.2, -0.15) is 0 Å². The highest BCUT2D eigenvalue weighted by molar-refractivity contribution is 14.1. The Morgan fingerprint density at radius 2 is 2.10 bits per heavy atom. The van der Waals surface area contributed by atoms with Crippen LogP contribution in [0.1, 0.15) is 0 Å². The molecular formula is C11H7F3IN3O2. The minimum absolute atomic E-state index is 0.249. The fourth-order valence-corrected chi connectivity index (χ4v) is 1.81. The number of rotatable bonds is 3. The highest BCUT2D eigenvalue weighted by Crippen LogP contribution is 2.26. The summed E-state index contributed by atoms with van der Waals surface area (Å²) >= 11 is 1.78. The van der Waals surface area contributed by atoms with Gasteiger partial charge in [0.1, 0.15) is 9.32 Å². The minimum atomic E-state index is -4.75. The molecule has 1 aromatic carbocycles. The lowest BCUT2D eigenvalue weighted by atomic mass is 10.3. The third kappa shape index (κ3) is 3.85. The number of benzene rings is 1. The van der Waals surface area contributed by atoms with Gasteiger partial charge in [-0.15, -0.1) is 13.2 Å². The molecule has 5 nitrogen and oxygen atoms in total. The van der Waals surface area contributed by atoms with Crippen molar-refractivity contribution < 1.29 is 17.9 Å².